The topological polar surface area (TPSA) is 47.3 Å². The van der Waals surface area contributed by atoms with E-state index in [-0.39, 0.29) is 17.3 Å². The molecule has 1 aromatic rings. The van der Waals surface area contributed by atoms with Crippen LogP contribution in [0.2, 0.25) is 0 Å². The standard InChI is InChI=1S/C13H21FN2O/c1-13(2,3)12(8-15)16-11-7-9(17-4)5-6-10(11)14/h5-7,12,16H,8,15H2,1-4H3. The monoisotopic (exact) mass is 240 g/mol. The number of benzene rings is 1. The van der Waals surface area contributed by atoms with E-state index in [2.05, 4.69) is 26.1 Å². The van der Waals surface area contributed by atoms with Gasteiger partial charge in [-0.1, -0.05) is 20.8 Å². The molecule has 1 aromatic carbocycles. The third kappa shape index (κ3) is 3.60. The van der Waals surface area contributed by atoms with Crippen molar-refractivity contribution in [1.29, 1.82) is 0 Å². The van der Waals surface area contributed by atoms with Crippen LogP contribution in [-0.4, -0.2) is 19.7 Å². The third-order valence-electron chi connectivity index (χ3n) is 2.78. The van der Waals surface area contributed by atoms with Crippen molar-refractivity contribution >= 4 is 5.69 Å². The average molecular weight is 240 g/mol. The van der Waals surface area contributed by atoms with Gasteiger partial charge in [-0.2, -0.15) is 0 Å². The third-order valence-corrected chi connectivity index (χ3v) is 2.78. The number of halogens is 1. The first-order chi connectivity index (χ1) is 7.88. The summed E-state index contributed by atoms with van der Waals surface area (Å²) >= 11 is 0. The maximum Gasteiger partial charge on any atom is 0.146 e. The van der Waals surface area contributed by atoms with Crippen LogP contribution >= 0.6 is 0 Å². The summed E-state index contributed by atoms with van der Waals surface area (Å²) in [6.07, 6.45) is 0. The predicted octanol–water partition coefficient (Wildman–Crippen LogP) is 2.62. The summed E-state index contributed by atoms with van der Waals surface area (Å²) < 4.78 is 18.7. The van der Waals surface area contributed by atoms with Crippen LogP contribution in [0.25, 0.3) is 0 Å². The molecular weight excluding hydrogens is 219 g/mol. The average Bonchev–Trinajstić information content (AvgIpc) is 2.26. The molecule has 0 saturated carbocycles. The fraction of sp³-hybridized carbons (Fsp3) is 0.538. The van der Waals surface area contributed by atoms with Crippen LogP contribution in [0.15, 0.2) is 18.2 Å². The molecule has 0 spiro atoms. The van der Waals surface area contributed by atoms with E-state index >= 15 is 0 Å². The summed E-state index contributed by atoms with van der Waals surface area (Å²) in [4.78, 5) is 0. The molecule has 4 heteroatoms. The molecule has 0 amide bonds. The molecule has 0 bridgehead atoms. The van der Waals surface area contributed by atoms with Crippen LogP contribution in [0.5, 0.6) is 5.75 Å². The Hall–Kier alpha value is -1.29. The molecular formula is C13H21FN2O. The number of anilines is 1. The molecule has 0 aliphatic heterocycles. The van der Waals surface area contributed by atoms with E-state index in [4.69, 9.17) is 10.5 Å². The lowest BCUT2D eigenvalue weighted by Gasteiger charge is -2.31. The Morgan fingerprint density at radius 3 is 2.53 bits per heavy atom. The molecule has 3 nitrogen and oxygen atoms in total. The first-order valence-electron chi connectivity index (χ1n) is 5.68. The van der Waals surface area contributed by atoms with E-state index in [9.17, 15) is 4.39 Å². The van der Waals surface area contributed by atoms with Crippen molar-refractivity contribution in [2.45, 2.75) is 26.8 Å². The molecule has 0 aliphatic carbocycles. The molecule has 0 aliphatic rings. The molecule has 1 rings (SSSR count). The summed E-state index contributed by atoms with van der Waals surface area (Å²) in [5.74, 6) is 0.326. The second kappa shape index (κ2) is 5.36. The van der Waals surface area contributed by atoms with Crippen molar-refractivity contribution in [3.05, 3.63) is 24.0 Å². The highest BCUT2D eigenvalue weighted by atomic mass is 19.1. The largest absolute Gasteiger partial charge is 0.497 e. The predicted molar refractivity (Wildman–Crippen MR) is 68.9 cm³/mol. The maximum atomic E-state index is 13.6. The molecule has 3 N–H and O–H groups in total. The van der Waals surface area contributed by atoms with Gasteiger partial charge in [0.05, 0.1) is 12.8 Å². The number of ether oxygens (including phenoxy) is 1. The van der Waals surface area contributed by atoms with Crippen LogP contribution in [-0.2, 0) is 0 Å². The van der Waals surface area contributed by atoms with Gasteiger partial charge in [0, 0.05) is 18.7 Å². The van der Waals surface area contributed by atoms with Crippen LogP contribution in [0.1, 0.15) is 20.8 Å². The molecule has 1 unspecified atom stereocenters. The summed E-state index contributed by atoms with van der Waals surface area (Å²) in [5.41, 5.74) is 6.10. The van der Waals surface area contributed by atoms with Gasteiger partial charge in [-0.25, -0.2) is 4.39 Å². The van der Waals surface area contributed by atoms with Crippen molar-refractivity contribution in [2.75, 3.05) is 19.0 Å². The van der Waals surface area contributed by atoms with Crippen LogP contribution < -0.4 is 15.8 Å². The Bertz CT molecular complexity index is 374. The first-order valence-corrected chi connectivity index (χ1v) is 5.68. The van der Waals surface area contributed by atoms with E-state index < -0.39 is 0 Å². The van der Waals surface area contributed by atoms with Crippen molar-refractivity contribution in [3.63, 3.8) is 0 Å². The van der Waals surface area contributed by atoms with Gasteiger partial charge in [0.2, 0.25) is 0 Å². The van der Waals surface area contributed by atoms with Crippen LogP contribution in [0.3, 0.4) is 0 Å². The smallest absolute Gasteiger partial charge is 0.146 e. The minimum atomic E-state index is -0.298. The van der Waals surface area contributed by atoms with Gasteiger partial charge in [0.1, 0.15) is 11.6 Å². The van der Waals surface area contributed by atoms with E-state index in [1.165, 1.54) is 6.07 Å². The zero-order valence-corrected chi connectivity index (χ0v) is 10.9. The van der Waals surface area contributed by atoms with Crippen molar-refractivity contribution < 1.29 is 9.13 Å². The fourth-order valence-electron chi connectivity index (χ4n) is 1.56. The second-order valence-corrected chi connectivity index (χ2v) is 5.14. The van der Waals surface area contributed by atoms with E-state index in [0.717, 1.165) is 0 Å². The quantitative estimate of drug-likeness (QED) is 0.850. The lowest BCUT2D eigenvalue weighted by Crippen LogP contribution is -2.40. The molecule has 17 heavy (non-hydrogen) atoms. The minimum absolute atomic E-state index is 0.00380. The van der Waals surface area contributed by atoms with Crippen LogP contribution in [0.4, 0.5) is 10.1 Å². The Morgan fingerprint density at radius 1 is 1.41 bits per heavy atom. The Labute approximate surface area is 102 Å². The maximum absolute atomic E-state index is 13.6. The van der Waals surface area contributed by atoms with Crippen LogP contribution in [0, 0.1) is 11.2 Å². The highest BCUT2D eigenvalue weighted by molar-refractivity contribution is 5.50. The molecule has 0 fully saturated rings. The van der Waals surface area contributed by atoms with Gasteiger partial charge in [-0.15, -0.1) is 0 Å². The van der Waals surface area contributed by atoms with Gasteiger partial charge in [0.25, 0.3) is 0 Å². The summed E-state index contributed by atoms with van der Waals surface area (Å²) in [6, 6.07) is 4.63. The number of hydrogen-bond acceptors (Lipinski definition) is 3. The van der Waals surface area contributed by atoms with E-state index in [1.54, 1.807) is 19.2 Å². The molecule has 0 radical (unpaired) electrons. The molecule has 0 heterocycles. The van der Waals surface area contributed by atoms with Gasteiger partial charge in [-0.05, 0) is 17.5 Å². The zero-order valence-electron chi connectivity index (χ0n) is 10.9. The van der Waals surface area contributed by atoms with E-state index in [1.807, 2.05) is 0 Å². The number of nitrogens with one attached hydrogen (secondary N) is 1. The van der Waals surface area contributed by atoms with Crippen molar-refractivity contribution in [3.8, 4) is 5.75 Å². The molecule has 0 saturated heterocycles. The molecule has 0 aromatic heterocycles. The number of hydrogen-bond donors (Lipinski definition) is 2. The highest BCUT2D eigenvalue weighted by Crippen LogP contribution is 2.26. The summed E-state index contributed by atoms with van der Waals surface area (Å²) in [5, 5.41) is 3.13. The number of methoxy groups -OCH3 is 1. The Kier molecular flexibility index (Phi) is 4.34. The van der Waals surface area contributed by atoms with Gasteiger partial charge < -0.3 is 15.8 Å². The lowest BCUT2D eigenvalue weighted by atomic mass is 9.86. The molecule has 96 valence electrons. The lowest BCUT2D eigenvalue weighted by molar-refractivity contribution is 0.344. The summed E-state index contributed by atoms with van der Waals surface area (Å²) in [7, 11) is 1.56. The second-order valence-electron chi connectivity index (χ2n) is 5.14. The highest BCUT2D eigenvalue weighted by Gasteiger charge is 2.23. The zero-order chi connectivity index (χ0) is 13.1. The minimum Gasteiger partial charge on any atom is -0.497 e. The van der Waals surface area contributed by atoms with Crippen molar-refractivity contribution in [2.24, 2.45) is 11.1 Å². The fourth-order valence-corrected chi connectivity index (χ4v) is 1.56. The van der Waals surface area contributed by atoms with Gasteiger partial charge >= 0.3 is 0 Å². The van der Waals surface area contributed by atoms with Gasteiger partial charge in [-0.3, -0.25) is 0 Å². The van der Waals surface area contributed by atoms with E-state index in [0.29, 0.717) is 18.0 Å². The normalized spacial score (nSPS) is 13.3. The SMILES string of the molecule is COc1ccc(F)c(NC(CN)C(C)(C)C)c1. The molecule has 1 atom stereocenters. The number of nitrogens with two attached hydrogens (primary N) is 1. The van der Waals surface area contributed by atoms with Crippen molar-refractivity contribution in [1.82, 2.24) is 0 Å². The Morgan fingerprint density at radius 2 is 2.06 bits per heavy atom. The first kappa shape index (κ1) is 13.8. The van der Waals surface area contributed by atoms with Gasteiger partial charge in [0.15, 0.2) is 0 Å². The number of rotatable bonds is 4. The Balaban J connectivity index is 2.93. The summed E-state index contributed by atoms with van der Waals surface area (Å²) in [6.45, 7) is 6.64.